The standard InChI is InChI=1S/C12H15N3S2/c1-2-6-10-9(5-1)14-12(16-10)17-15-11-7-3-4-8-13-11/h1-2,5-6,11,13,15H,3-4,7-8H2. The van der Waals surface area contributed by atoms with Crippen LogP contribution in [-0.4, -0.2) is 17.7 Å². The van der Waals surface area contributed by atoms with Crippen molar-refractivity contribution in [3.63, 3.8) is 0 Å². The van der Waals surface area contributed by atoms with Crippen molar-refractivity contribution < 1.29 is 0 Å². The minimum Gasteiger partial charge on any atom is -0.301 e. The van der Waals surface area contributed by atoms with Crippen molar-refractivity contribution in [3.05, 3.63) is 24.3 Å². The number of nitrogens with one attached hydrogen (secondary N) is 2. The normalized spacial score (nSPS) is 20.8. The van der Waals surface area contributed by atoms with Gasteiger partial charge in [0.1, 0.15) is 0 Å². The van der Waals surface area contributed by atoms with Crippen molar-refractivity contribution in [1.82, 2.24) is 15.0 Å². The molecule has 2 aromatic rings. The summed E-state index contributed by atoms with van der Waals surface area (Å²) in [6, 6.07) is 8.28. The molecule has 1 saturated heterocycles. The third kappa shape index (κ3) is 2.80. The summed E-state index contributed by atoms with van der Waals surface area (Å²) >= 11 is 3.40. The fourth-order valence-corrected chi connectivity index (χ4v) is 3.83. The van der Waals surface area contributed by atoms with Gasteiger partial charge in [-0.3, -0.25) is 0 Å². The molecule has 0 bridgehead atoms. The van der Waals surface area contributed by atoms with Crippen LogP contribution in [0.2, 0.25) is 0 Å². The van der Waals surface area contributed by atoms with E-state index in [4.69, 9.17) is 0 Å². The number of hydrogen-bond acceptors (Lipinski definition) is 5. The molecule has 0 amide bonds. The van der Waals surface area contributed by atoms with Crippen molar-refractivity contribution in [2.75, 3.05) is 6.54 Å². The third-order valence-corrected chi connectivity index (χ3v) is 4.87. The Kier molecular flexibility index (Phi) is 3.61. The number of aromatic nitrogens is 1. The topological polar surface area (TPSA) is 37.0 Å². The second-order valence-electron chi connectivity index (χ2n) is 4.17. The molecular weight excluding hydrogens is 250 g/mol. The van der Waals surface area contributed by atoms with Gasteiger partial charge in [-0.25, -0.2) is 9.71 Å². The summed E-state index contributed by atoms with van der Waals surface area (Å²) in [4.78, 5) is 4.59. The maximum atomic E-state index is 4.59. The highest BCUT2D eigenvalue weighted by molar-refractivity contribution is 7.99. The number of para-hydroxylation sites is 1. The third-order valence-electron chi connectivity index (χ3n) is 2.87. The van der Waals surface area contributed by atoms with Crippen LogP contribution in [0.3, 0.4) is 0 Å². The molecule has 3 nitrogen and oxygen atoms in total. The van der Waals surface area contributed by atoms with Crippen molar-refractivity contribution >= 4 is 33.5 Å². The average molecular weight is 265 g/mol. The summed E-state index contributed by atoms with van der Waals surface area (Å²) in [5.74, 6) is 0. The first-order valence-corrected chi connectivity index (χ1v) is 7.56. The summed E-state index contributed by atoms with van der Waals surface area (Å²) in [7, 11) is 0. The lowest BCUT2D eigenvalue weighted by molar-refractivity contribution is 0.392. The number of thiazole rings is 1. The maximum Gasteiger partial charge on any atom is 0.166 e. The Labute approximate surface area is 109 Å². The summed E-state index contributed by atoms with van der Waals surface area (Å²) < 4.78 is 5.81. The Morgan fingerprint density at radius 3 is 3.12 bits per heavy atom. The lowest BCUT2D eigenvalue weighted by atomic mass is 10.1. The van der Waals surface area contributed by atoms with Crippen molar-refractivity contribution in [2.24, 2.45) is 0 Å². The first-order valence-electron chi connectivity index (χ1n) is 5.93. The highest BCUT2D eigenvalue weighted by atomic mass is 32.2. The van der Waals surface area contributed by atoms with Crippen LogP contribution < -0.4 is 10.0 Å². The van der Waals surface area contributed by atoms with E-state index in [1.807, 2.05) is 6.07 Å². The molecule has 3 rings (SSSR count). The molecular formula is C12H15N3S2. The predicted molar refractivity (Wildman–Crippen MR) is 74.3 cm³/mol. The zero-order chi connectivity index (χ0) is 11.5. The lowest BCUT2D eigenvalue weighted by Crippen LogP contribution is -2.42. The highest BCUT2D eigenvalue weighted by Crippen LogP contribution is 2.28. The minimum atomic E-state index is 0.431. The first-order chi connectivity index (χ1) is 8.42. The molecule has 2 N–H and O–H groups in total. The molecule has 90 valence electrons. The number of benzene rings is 1. The second-order valence-corrected chi connectivity index (χ2v) is 6.29. The van der Waals surface area contributed by atoms with Gasteiger partial charge in [-0.05, 0) is 49.9 Å². The van der Waals surface area contributed by atoms with Gasteiger partial charge in [0, 0.05) is 0 Å². The van der Waals surface area contributed by atoms with Crippen LogP contribution in [0.25, 0.3) is 10.2 Å². The SMILES string of the molecule is c1ccc2sc(SNC3CCCCN3)nc2c1. The van der Waals surface area contributed by atoms with Crippen LogP contribution in [0.5, 0.6) is 0 Å². The molecule has 1 atom stereocenters. The number of nitrogens with zero attached hydrogens (tertiary/aromatic N) is 1. The van der Waals surface area contributed by atoms with Crippen LogP contribution in [-0.2, 0) is 0 Å². The van der Waals surface area contributed by atoms with Gasteiger partial charge < -0.3 is 5.32 Å². The second kappa shape index (κ2) is 5.35. The molecule has 2 heterocycles. The van der Waals surface area contributed by atoms with Crippen LogP contribution >= 0.6 is 23.3 Å². The van der Waals surface area contributed by atoms with E-state index in [0.29, 0.717) is 6.17 Å². The molecule has 0 radical (unpaired) electrons. The molecule has 17 heavy (non-hydrogen) atoms. The molecule has 0 saturated carbocycles. The fraction of sp³-hybridized carbons (Fsp3) is 0.417. The monoisotopic (exact) mass is 265 g/mol. The van der Waals surface area contributed by atoms with E-state index in [2.05, 4.69) is 33.2 Å². The Morgan fingerprint density at radius 2 is 2.29 bits per heavy atom. The van der Waals surface area contributed by atoms with E-state index in [9.17, 15) is 0 Å². The molecule has 1 fully saturated rings. The van der Waals surface area contributed by atoms with Gasteiger partial charge in [0.15, 0.2) is 4.34 Å². The molecule has 5 heteroatoms. The Morgan fingerprint density at radius 1 is 1.35 bits per heavy atom. The smallest absolute Gasteiger partial charge is 0.166 e. The van der Waals surface area contributed by atoms with E-state index < -0.39 is 0 Å². The molecule has 1 unspecified atom stereocenters. The van der Waals surface area contributed by atoms with Crippen LogP contribution in [0.4, 0.5) is 0 Å². The molecule has 1 aliphatic rings. The van der Waals surface area contributed by atoms with Gasteiger partial charge in [0.05, 0.1) is 16.4 Å². The van der Waals surface area contributed by atoms with Crippen molar-refractivity contribution in [1.29, 1.82) is 0 Å². The summed E-state index contributed by atoms with van der Waals surface area (Å²) in [6.45, 7) is 1.12. The largest absolute Gasteiger partial charge is 0.301 e. The summed E-state index contributed by atoms with van der Waals surface area (Å²) in [5.41, 5.74) is 1.10. The van der Waals surface area contributed by atoms with E-state index >= 15 is 0 Å². The number of fused-ring (bicyclic) bond motifs is 1. The zero-order valence-corrected chi connectivity index (χ0v) is 11.1. The summed E-state index contributed by atoms with van der Waals surface area (Å²) in [5, 5.41) is 3.47. The molecule has 1 aliphatic heterocycles. The van der Waals surface area contributed by atoms with Gasteiger partial charge in [-0.2, -0.15) is 0 Å². The highest BCUT2D eigenvalue weighted by Gasteiger charge is 2.13. The van der Waals surface area contributed by atoms with Crippen LogP contribution in [0.15, 0.2) is 28.6 Å². The molecule has 0 spiro atoms. The van der Waals surface area contributed by atoms with E-state index in [1.165, 1.54) is 24.0 Å². The molecule has 1 aromatic heterocycles. The van der Waals surface area contributed by atoms with Gasteiger partial charge in [0.25, 0.3) is 0 Å². The van der Waals surface area contributed by atoms with Gasteiger partial charge >= 0.3 is 0 Å². The average Bonchev–Trinajstić information content (AvgIpc) is 2.80. The number of piperidine rings is 1. The lowest BCUT2D eigenvalue weighted by Gasteiger charge is -2.23. The Bertz CT molecular complexity index is 458. The van der Waals surface area contributed by atoms with E-state index in [1.54, 1.807) is 23.3 Å². The molecule has 0 aliphatic carbocycles. The van der Waals surface area contributed by atoms with Crippen molar-refractivity contribution in [2.45, 2.75) is 29.8 Å². The Hall–Kier alpha value is -0.620. The van der Waals surface area contributed by atoms with E-state index in [0.717, 1.165) is 16.4 Å². The fourth-order valence-electron chi connectivity index (χ4n) is 1.97. The minimum absolute atomic E-state index is 0.431. The predicted octanol–water partition coefficient (Wildman–Crippen LogP) is 2.99. The van der Waals surface area contributed by atoms with Crippen LogP contribution in [0.1, 0.15) is 19.3 Å². The molecule has 1 aromatic carbocycles. The maximum absolute atomic E-state index is 4.59. The number of rotatable bonds is 3. The van der Waals surface area contributed by atoms with Gasteiger partial charge in [-0.15, -0.1) is 11.3 Å². The van der Waals surface area contributed by atoms with Crippen molar-refractivity contribution in [3.8, 4) is 0 Å². The van der Waals surface area contributed by atoms with Gasteiger partial charge in [0.2, 0.25) is 0 Å². The summed E-state index contributed by atoms with van der Waals surface area (Å²) in [6.07, 6.45) is 4.24. The Balaban J connectivity index is 1.64. The zero-order valence-electron chi connectivity index (χ0n) is 9.48. The number of hydrogen-bond donors (Lipinski definition) is 2. The van der Waals surface area contributed by atoms with E-state index in [-0.39, 0.29) is 0 Å². The van der Waals surface area contributed by atoms with Gasteiger partial charge in [-0.1, -0.05) is 12.1 Å². The quantitative estimate of drug-likeness (QED) is 0.837. The van der Waals surface area contributed by atoms with Crippen LogP contribution in [0, 0.1) is 0 Å². The first kappa shape index (κ1) is 11.5.